The Morgan fingerprint density at radius 3 is 2.90 bits per heavy atom. The molecule has 0 radical (unpaired) electrons. The molecule has 1 aliphatic heterocycles. The zero-order valence-electron chi connectivity index (χ0n) is 5.87. The van der Waals surface area contributed by atoms with Crippen molar-refractivity contribution < 1.29 is 14.3 Å². The fourth-order valence-corrected chi connectivity index (χ4v) is 1.18. The maximum atomic E-state index is 10.8. The van der Waals surface area contributed by atoms with Gasteiger partial charge in [0, 0.05) is 0 Å². The van der Waals surface area contributed by atoms with E-state index in [1.807, 2.05) is 6.92 Å². The molecule has 1 saturated heterocycles. The van der Waals surface area contributed by atoms with Gasteiger partial charge in [-0.15, -0.1) is 0 Å². The normalized spacial score (nSPS) is 31.9. The molecule has 1 fully saturated rings. The topological polar surface area (TPSA) is 43.4 Å². The third-order valence-corrected chi connectivity index (χ3v) is 1.85. The van der Waals surface area contributed by atoms with E-state index >= 15 is 0 Å². The highest BCUT2D eigenvalue weighted by molar-refractivity contribution is 5.79. The molecule has 2 atom stereocenters. The van der Waals surface area contributed by atoms with Gasteiger partial charge < -0.3 is 9.53 Å². The van der Waals surface area contributed by atoms with Crippen LogP contribution in [-0.2, 0) is 14.3 Å². The molecule has 0 aromatic carbocycles. The molecule has 0 bridgehead atoms. The molecule has 10 heavy (non-hydrogen) atoms. The van der Waals surface area contributed by atoms with Crippen molar-refractivity contribution in [2.24, 2.45) is 11.8 Å². The molecule has 0 unspecified atom stereocenters. The molecule has 1 rings (SSSR count). The first kappa shape index (κ1) is 7.25. The monoisotopic (exact) mass is 142 g/mol. The third-order valence-electron chi connectivity index (χ3n) is 1.85. The van der Waals surface area contributed by atoms with Gasteiger partial charge in [-0.3, -0.25) is 4.79 Å². The maximum absolute atomic E-state index is 10.8. The molecule has 1 aliphatic rings. The summed E-state index contributed by atoms with van der Waals surface area (Å²) in [6.45, 7) is 2.16. The lowest BCUT2D eigenvalue weighted by molar-refractivity contribution is -0.141. The molecule has 56 valence electrons. The summed E-state index contributed by atoms with van der Waals surface area (Å²) >= 11 is 0. The van der Waals surface area contributed by atoms with Gasteiger partial charge in [0.1, 0.15) is 12.9 Å². The zero-order chi connectivity index (χ0) is 7.56. The minimum Gasteiger partial charge on any atom is -0.465 e. The number of cyclic esters (lactones) is 1. The quantitative estimate of drug-likeness (QED) is 0.413. The standard InChI is InChI=1S/C7H10O3/c1-2-6-5(3-8)4-10-7(6)9/h3,5-6H,2,4H2,1H3/t5-,6-/m1/s1. The molecule has 0 aliphatic carbocycles. The summed E-state index contributed by atoms with van der Waals surface area (Å²) in [6.07, 6.45) is 1.50. The fraction of sp³-hybridized carbons (Fsp3) is 0.714. The second-order valence-corrected chi connectivity index (χ2v) is 2.44. The van der Waals surface area contributed by atoms with Crippen LogP contribution >= 0.6 is 0 Å². The molecule has 0 aromatic heterocycles. The van der Waals surface area contributed by atoms with Crippen LogP contribution in [0.4, 0.5) is 0 Å². The van der Waals surface area contributed by atoms with E-state index in [1.54, 1.807) is 0 Å². The van der Waals surface area contributed by atoms with E-state index in [4.69, 9.17) is 0 Å². The Morgan fingerprint density at radius 1 is 1.80 bits per heavy atom. The molecule has 0 amide bonds. The lowest BCUT2D eigenvalue weighted by Crippen LogP contribution is -2.15. The van der Waals surface area contributed by atoms with Crippen molar-refractivity contribution >= 4 is 12.3 Å². The Morgan fingerprint density at radius 2 is 2.50 bits per heavy atom. The molecule has 0 aromatic rings. The van der Waals surface area contributed by atoms with E-state index in [1.165, 1.54) is 0 Å². The number of carbonyl (C=O) groups is 2. The fourth-order valence-electron chi connectivity index (χ4n) is 1.18. The Hall–Kier alpha value is -0.860. The number of ether oxygens (including phenoxy) is 1. The summed E-state index contributed by atoms with van der Waals surface area (Å²) in [5, 5.41) is 0. The van der Waals surface area contributed by atoms with E-state index in [2.05, 4.69) is 4.74 Å². The van der Waals surface area contributed by atoms with Gasteiger partial charge in [-0.05, 0) is 6.42 Å². The number of aldehydes is 1. The first-order valence-electron chi connectivity index (χ1n) is 3.41. The van der Waals surface area contributed by atoms with Crippen LogP contribution in [0.1, 0.15) is 13.3 Å². The van der Waals surface area contributed by atoms with Crippen molar-refractivity contribution in [3.8, 4) is 0 Å². The molecule has 1 heterocycles. The van der Waals surface area contributed by atoms with Crippen LogP contribution in [0.5, 0.6) is 0 Å². The highest BCUT2D eigenvalue weighted by atomic mass is 16.5. The van der Waals surface area contributed by atoms with Crippen molar-refractivity contribution in [3.63, 3.8) is 0 Å². The first-order chi connectivity index (χ1) is 4.79. The summed E-state index contributed by atoms with van der Waals surface area (Å²) in [7, 11) is 0. The molecule has 3 heteroatoms. The van der Waals surface area contributed by atoms with Crippen LogP contribution in [0.25, 0.3) is 0 Å². The second kappa shape index (κ2) is 2.82. The maximum Gasteiger partial charge on any atom is 0.309 e. The number of hydrogen-bond donors (Lipinski definition) is 0. The van der Waals surface area contributed by atoms with Crippen LogP contribution in [0, 0.1) is 11.8 Å². The summed E-state index contributed by atoms with van der Waals surface area (Å²) < 4.78 is 4.69. The number of hydrogen-bond acceptors (Lipinski definition) is 3. The van der Waals surface area contributed by atoms with Crippen molar-refractivity contribution in [2.45, 2.75) is 13.3 Å². The van der Waals surface area contributed by atoms with Crippen molar-refractivity contribution in [1.82, 2.24) is 0 Å². The highest BCUT2D eigenvalue weighted by Crippen LogP contribution is 2.22. The SMILES string of the molecule is CC[C@H]1C(=O)OC[C@H]1C=O. The van der Waals surface area contributed by atoms with E-state index < -0.39 is 0 Å². The predicted octanol–water partition coefficient (Wildman–Crippen LogP) is 0.385. The van der Waals surface area contributed by atoms with Gasteiger partial charge in [0.25, 0.3) is 0 Å². The van der Waals surface area contributed by atoms with Crippen LogP contribution in [-0.4, -0.2) is 18.9 Å². The van der Waals surface area contributed by atoms with E-state index in [0.717, 1.165) is 6.29 Å². The van der Waals surface area contributed by atoms with Crippen molar-refractivity contribution in [2.75, 3.05) is 6.61 Å². The average Bonchev–Trinajstić information content (AvgIpc) is 2.30. The van der Waals surface area contributed by atoms with Gasteiger partial charge >= 0.3 is 5.97 Å². The first-order valence-corrected chi connectivity index (χ1v) is 3.41. The van der Waals surface area contributed by atoms with E-state index in [9.17, 15) is 9.59 Å². The molecule has 0 N–H and O–H groups in total. The van der Waals surface area contributed by atoms with Gasteiger partial charge in [0.2, 0.25) is 0 Å². The number of rotatable bonds is 2. The zero-order valence-corrected chi connectivity index (χ0v) is 5.87. The van der Waals surface area contributed by atoms with Crippen molar-refractivity contribution in [1.29, 1.82) is 0 Å². The summed E-state index contributed by atoms with van der Waals surface area (Å²) in [5.74, 6) is -0.602. The number of esters is 1. The van der Waals surface area contributed by atoms with Gasteiger partial charge in [-0.2, -0.15) is 0 Å². The minimum absolute atomic E-state index is 0.183. The summed E-state index contributed by atoms with van der Waals surface area (Å²) in [4.78, 5) is 21.1. The molecule has 0 saturated carbocycles. The predicted molar refractivity (Wildman–Crippen MR) is 34.3 cm³/mol. The largest absolute Gasteiger partial charge is 0.465 e. The van der Waals surface area contributed by atoms with Gasteiger partial charge in [0.15, 0.2) is 0 Å². The van der Waals surface area contributed by atoms with E-state index in [-0.39, 0.29) is 24.4 Å². The molecular formula is C7H10O3. The summed E-state index contributed by atoms with van der Waals surface area (Å²) in [6, 6.07) is 0. The summed E-state index contributed by atoms with van der Waals surface area (Å²) in [5.41, 5.74) is 0. The number of carbonyl (C=O) groups excluding carboxylic acids is 2. The molecule has 3 nitrogen and oxygen atoms in total. The Kier molecular flexibility index (Phi) is 2.04. The van der Waals surface area contributed by atoms with Gasteiger partial charge in [0.05, 0.1) is 11.8 Å². The Labute approximate surface area is 59.4 Å². The third kappa shape index (κ3) is 1.03. The van der Waals surface area contributed by atoms with Crippen LogP contribution < -0.4 is 0 Å². The second-order valence-electron chi connectivity index (χ2n) is 2.44. The van der Waals surface area contributed by atoms with Gasteiger partial charge in [-0.25, -0.2) is 0 Å². The van der Waals surface area contributed by atoms with Gasteiger partial charge in [-0.1, -0.05) is 6.92 Å². The van der Waals surface area contributed by atoms with Crippen LogP contribution in [0.3, 0.4) is 0 Å². The molecular weight excluding hydrogens is 132 g/mol. The van der Waals surface area contributed by atoms with E-state index in [0.29, 0.717) is 6.42 Å². The van der Waals surface area contributed by atoms with Crippen LogP contribution in [0.15, 0.2) is 0 Å². The lowest BCUT2D eigenvalue weighted by Gasteiger charge is -2.03. The Balaban J connectivity index is 2.62. The smallest absolute Gasteiger partial charge is 0.309 e. The minimum atomic E-state index is -0.223. The highest BCUT2D eigenvalue weighted by Gasteiger charge is 2.34. The Bertz CT molecular complexity index is 153. The van der Waals surface area contributed by atoms with Crippen molar-refractivity contribution in [3.05, 3.63) is 0 Å². The molecule has 0 spiro atoms. The van der Waals surface area contributed by atoms with Crippen LogP contribution in [0.2, 0.25) is 0 Å². The lowest BCUT2D eigenvalue weighted by atomic mass is 9.95. The average molecular weight is 142 g/mol.